The van der Waals surface area contributed by atoms with Gasteiger partial charge < -0.3 is 14.8 Å². The summed E-state index contributed by atoms with van der Waals surface area (Å²) in [4.78, 5) is 11.4. The summed E-state index contributed by atoms with van der Waals surface area (Å²) < 4.78 is 11.9. The number of carbonyl (C=O) groups is 1. The number of amides is 1. The van der Waals surface area contributed by atoms with Crippen molar-refractivity contribution in [3.63, 3.8) is 0 Å². The molecule has 0 atom stereocenters. The predicted molar refractivity (Wildman–Crippen MR) is 112 cm³/mol. The van der Waals surface area contributed by atoms with Crippen molar-refractivity contribution in [2.24, 2.45) is 0 Å². The Bertz CT molecular complexity index is 943. The minimum absolute atomic E-state index is 0.00513. The smallest absolute Gasteiger partial charge is 0.216 e. The molecule has 0 radical (unpaired) electrons. The average Bonchev–Trinajstić information content (AvgIpc) is 3.25. The molecule has 2 aliphatic rings. The predicted octanol–water partition coefficient (Wildman–Crippen LogP) is 4.40. The van der Waals surface area contributed by atoms with E-state index in [9.17, 15) is 4.79 Å². The molecular weight excluding hydrogens is 350 g/mol. The van der Waals surface area contributed by atoms with E-state index in [4.69, 9.17) is 9.47 Å². The van der Waals surface area contributed by atoms with Gasteiger partial charge in [0.2, 0.25) is 5.91 Å². The SMILES string of the molecule is CC(=O)NCCC1=C(c2ccccc2OC(C)C)Cc2ccc3c(c21)CCO3. The van der Waals surface area contributed by atoms with Crippen molar-refractivity contribution >= 4 is 17.1 Å². The van der Waals surface area contributed by atoms with Crippen LogP contribution in [-0.4, -0.2) is 25.2 Å². The van der Waals surface area contributed by atoms with E-state index in [1.54, 1.807) is 6.92 Å². The second kappa shape index (κ2) is 7.70. The maximum atomic E-state index is 11.4. The Kier molecular flexibility index (Phi) is 5.12. The van der Waals surface area contributed by atoms with Crippen molar-refractivity contribution in [3.05, 3.63) is 58.7 Å². The summed E-state index contributed by atoms with van der Waals surface area (Å²) in [6.07, 6.45) is 2.75. The summed E-state index contributed by atoms with van der Waals surface area (Å²) in [5.41, 5.74) is 7.75. The zero-order valence-corrected chi connectivity index (χ0v) is 16.8. The van der Waals surface area contributed by atoms with Crippen molar-refractivity contribution in [2.45, 2.75) is 46.1 Å². The molecule has 1 amide bonds. The highest BCUT2D eigenvalue weighted by molar-refractivity contribution is 5.99. The number of allylic oxidation sites excluding steroid dienone is 1. The number of hydrogen-bond acceptors (Lipinski definition) is 3. The van der Waals surface area contributed by atoms with Crippen LogP contribution in [0.1, 0.15) is 49.4 Å². The van der Waals surface area contributed by atoms with Crippen LogP contribution in [-0.2, 0) is 17.6 Å². The third-order valence-corrected chi connectivity index (χ3v) is 5.32. The topological polar surface area (TPSA) is 47.6 Å². The molecular formula is C24H27NO3. The van der Waals surface area contributed by atoms with E-state index in [-0.39, 0.29) is 12.0 Å². The van der Waals surface area contributed by atoms with Gasteiger partial charge in [0.25, 0.3) is 0 Å². The Hall–Kier alpha value is -2.75. The molecule has 28 heavy (non-hydrogen) atoms. The molecule has 0 saturated carbocycles. The zero-order chi connectivity index (χ0) is 19.7. The van der Waals surface area contributed by atoms with E-state index >= 15 is 0 Å². The van der Waals surface area contributed by atoms with Gasteiger partial charge in [-0.05, 0) is 61.1 Å². The molecule has 146 valence electrons. The highest BCUT2D eigenvalue weighted by Gasteiger charge is 2.30. The quantitative estimate of drug-likeness (QED) is 0.812. The maximum absolute atomic E-state index is 11.4. The fraction of sp³-hybridized carbons (Fsp3) is 0.375. The number of benzene rings is 2. The lowest BCUT2D eigenvalue weighted by molar-refractivity contribution is -0.118. The largest absolute Gasteiger partial charge is 0.493 e. The van der Waals surface area contributed by atoms with E-state index in [0.29, 0.717) is 6.54 Å². The van der Waals surface area contributed by atoms with Gasteiger partial charge in [0, 0.05) is 31.0 Å². The third kappa shape index (κ3) is 3.51. The number of rotatable bonds is 6. The van der Waals surface area contributed by atoms with Crippen LogP contribution in [0.5, 0.6) is 11.5 Å². The number of para-hydroxylation sites is 1. The van der Waals surface area contributed by atoms with Gasteiger partial charge in [0.15, 0.2) is 0 Å². The number of carbonyl (C=O) groups excluding carboxylic acids is 1. The first-order chi connectivity index (χ1) is 13.5. The molecule has 2 aromatic carbocycles. The molecule has 0 aromatic heterocycles. The monoisotopic (exact) mass is 377 g/mol. The van der Waals surface area contributed by atoms with Crippen LogP contribution < -0.4 is 14.8 Å². The molecule has 0 bridgehead atoms. The third-order valence-electron chi connectivity index (χ3n) is 5.32. The molecule has 1 aliphatic heterocycles. The molecule has 0 unspecified atom stereocenters. The van der Waals surface area contributed by atoms with Gasteiger partial charge in [0.05, 0.1) is 12.7 Å². The Labute approximate surface area is 166 Å². The molecule has 4 rings (SSSR count). The molecule has 0 fully saturated rings. The maximum Gasteiger partial charge on any atom is 0.216 e. The minimum Gasteiger partial charge on any atom is -0.493 e. The highest BCUT2D eigenvalue weighted by atomic mass is 16.5. The Morgan fingerprint density at radius 2 is 2.04 bits per heavy atom. The first-order valence-corrected chi connectivity index (χ1v) is 10.0. The van der Waals surface area contributed by atoms with Gasteiger partial charge in [-0.1, -0.05) is 24.3 Å². The van der Waals surface area contributed by atoms with Gasteiger partial charge in [0.1, 0.15) is 11.5 Å². The highest BCUT2D eigenvalue weighted by Crippen LogP contribution is 2.47. The Morgan fingerprint density at radius 1 is 1.21 bits per heavy atom. The van der Waals surface area contributed by atoms with E-state index in [0.717, 1.165) is 42.9 Å². The number of fused-ring (bicyclic) bond motifs is 3. The summed E-state index contributed by atoms with van der Waals surface area (Å²) in [6, 6.07) is 12.6. The molecule has 1 heterocycles. The zero-order valence-electron chi connectivity index (χ0n) is 16.8. The minimum atomic E-state index is 0.00513. The van der Waals surface area contributed by atoms with E-state index in [1.807, 2.05) is 12.1 Å². The molecule has 4 nitrogen and oxygen atoms in total. The van der Waals surface area contributed by atoms with Gasteiger partial charge in [-0.2, -0.15) is 0 Å². The van der Waals surface area contributed by atoms with Crippen LogP contribution in [0.4, 0.5) is 0 Å². The number of hydrogen-bond donors (Lipinski definition) is 1. The molecule has 1 N–H and O–H groups in total. The van der Waals surface area contributed by atoms with Gasteiger partial charge in [-0.3, -0.25) is 4.79 Å². The molecule has 0 spiro atoms. The fourth-order valence-electron chi connectivity index (χ4n) is 4.26. The summed E-state index contributed by atoms with van der Waals surface area (Å²) in [6.45, 7) is 7.04. The number of nitrogens with one attached hydrogen (secondary N) is 1. The molecule has 2 aromatic rings. The van der Waals surface area contributed by atoms with Gasteiger partial charge >= 0.3 is 0 Å². The Balaban J connectivity index is 1.81. The van der Waals surface area contributed by atoms with E-state index in [1.165, 1.54) is 27.8 Å². The van der Waals surface area contributed by atoms with Crippen LogP contribution in [0.3, 0.4) is 0 Å². The van der Waals surface area contributed by atoms with Crippen LogP contribution in [0, 0.1) is 0 Å². The van der Waals surface area contributed by atoms with Crippen LogP contribution >= 0.6 is 0 Å². The second-order valence-corrected chi connectivity index (χ2v) is 7.70. The van der Waals surface area contributed by atoms with Crippen LogP contribution in [0.15, 0.2) is 36.4 Å². The fourth-order valence-corrected chi connectivity index (χ4v) is 4.26. The second-order valence-electron chi connectivity index (χ2n) is 7.70. The van der Waals surface area contributed by atoms with E-state index in [2.05, 4.69) is 43.4 Å². The van der Waals surface area contributed by atoms with Crippen LogP contribution in [0.25, 0.3) is 11.1 Å². The first kappa shape index (κ1) is 18.6. The lowest BCUT2D eigenvalue weighted by Crippen LogP contribution is -2.21. The molecule has 1 aliphatic carbocycles. The summed E-state index contributed by atoms with van der Waals surface area (Å²) in [7, 11) is 0. The van der Waals surface area contributed by atoms with Crippen molar-refractivity contribution < 1.29 is 14.3 Å². The van der Waals surface area contributed by atoms with Gasteiger partial charge in [-0.15, -0.1) is 0 Å². The number of ether oxygens (including phenoxy) is 2. The first-order valence-electron chi connectivity index (χ1n) is 10.0. The van der Waals surface area contributed by atoms with Crippen molar-refractivity contribution in [1.29, 1.82) is 0 Å². The van der Waals surface area contributed by atoms with Crippen molar-refractivity contribution in [1.82, 2.24) is 5.32 Å². The Morgan fingerprint density at radius 3 is 2.82 bits per heavy atom. The van der Waals surface area contributed by atoms with E-state index < -0.39 is 0 Å². The van der Waals surface area contributed by atoms with Crippen LogP contribution in [0.2, 0.25) is 0 Å². The normalized spacial score (nSPS) is 14.7. The summed E-state index contributed by atoms with van der Waals surface area (Å²) in [5, 5.41) is 2.95. The van der Waals surface area contributed by atoms with Crippen molar-refractivity contribution in [2.75, 3.05) is 13.2 Å². The summed E-state index contributed by atoms with van der Waals surface area (Å²) >= 11 is 0. The summed E-state index contributed by atoms with van der Waals surface area (Å²) in [5.74, 6) is 1.93. The lowest BCUT2D eigenvalue weighted by Gasteiger charge is -2.17. The average molecular weight is 377 g/mol. The van der Waals surface area contributed by atoms with Gasteiger partial charge in [-0.25, -0.2) is 0 Å². The molecule has 4 heteroatoms. The lowest BCUT2D eigenvalue weighted by atomic mass is 9.93. The molecule has 0 saturated heterocycles. The van der Waals surface area contributed by atoms with Crippen molar-refractivity contribution in [3.8, 4) is 11.5 Å². The standard InChI is InChI=1S/C24H27NO3/c1-15(2)28-23-7-5-4-6-18(23)21-14-17-8-9-22-20(11-13-27-22)24(17)19(21)10-12-25-16(3)26/h4-9,15H,10-14H2,1-3H3,(H,25,26).